The minimum absolute atomic E-state index is 0.187. The first kappa shape index (κ1) is 21.9. The molecule has 0 aromatic heterocycles. The number of allylic oxidation sites excluding steroid dienone is 1. The molecule has 3 aromatic carbocycles. The molecule has 0 saturated heterocycles. The number of amides is 2. The van der Waals surface area contributed by atoms with Gasteiger partial charge < -0.3 is 4.74 Å². The normalized spacial score (nSPS) is 13.2. The molecular formula is C27H20FNO4. The maximum Gasteiger partial charge on any atom is 0.258 e. The third kappa shape index (κ3) is 5.49. The predicted molar refractivity (Wildman–Crippen MR) is 123 cm³/mol. The second-order valence-corrected chi connectivity index (χ2v) is 7.38. The predicted octanol–water partition coefficient (Wildman–Crippen LogP) is 4.77. The van der Waals surface area contributed by atoms with Crippen molar-refractivity contribution in [3.8, 4) is 5.75 Å². The molecule has 0 N–H and O–H groups in total. The number of carbonyl (C=O) groups excluding carboxylic acids is 3. The highest BCUT2D eigenvalue weighted by molar-refractivity contribution is 6.28. The molecule has 0 bridgehead atoms. The Kier molecular flexibility index (Phi) is 6.55. The third-order valence-electron chi connectivity index (χ3n) is 5.10. The Morgan fingerprint density at radius 1 is 0.848 bits per heavy atom. The smallest absolute Gasteiger partial charge is 0.258 e. The van der Waals surface area contributed by atoms with Crippen LogP contribution in [0.4, 0.5) is 10.1 Å². The van der Waals surface area contributed by atoms with Gasteiger partial charge in [-0.1, -0.05) is 30.3 Å². The molecule has 0 radical (unpaired) electrons. The largest absolute Gasteiger partial charge is 0.493 e. The van der Waals surface area contributed by atoms with E-state index in [9.17, 15) is 18.8 Å². The zero-order valence-corrected chi connectivity index (χ0v) is 17.6. The topological polar surface area (TPSA) is 63.7 Å². The van der Waals surface area contributed by atoms with Crippen LogP contribution in [-0.4, -0.2) is 24.2 Å². The molecule has 0 spiro atoms. The van der Waals surface area contributed by atoms with Crippen LogP contribution in [0.5, 0.6) is 5.75 Å². The van der Waals surface area contributed by atoms with Crippen LogP contribution in [0.15, 0.2) is 91.0 Å². The second-order valence-electron chi connectivity index (χ2n) is 7.38. The summed E-state index contributed by atoms with van der Waals surface area (Å²) in [7, 11) is 0. The van der Waals surface area contributed by atoms with Crippen molar-refractivity contribution in [2.24, 2.45) is 0 Å². The molecule has 164 valence electrons. The number of anilines is 1. The van der Waals surface area contributed by atoms with Crippen molar-refractivity contribution in [1.82, 2.24) is 0 Å². The molecule has 0 atom stereocenters. The molecule has 3 aromatic rings. The van der Waals surface area contributed by atoms with E-state index in [0.717, 1.165) is 16.0 Å². The number of carbonyl (C=O) groups is 3. The van der Waals surface area contributed by atoms with Gasteiger partial charge in [-0.25, -0.2) is 9.29 Å². The van der Waals surface area contributed by atoms with Crippen molar-refractivity contribution >= 4 is 29.4 Å². The fourth-order valence-electron chi connectivity index (χ4n) is 3.31. The first-order valence-corrected chi connectivity index (χ1v) is 10.4. The number of hydrogen-bond acceptors (Lipinski definition) is 4. The van der Waals surface area contributed by atoms with E-state index in [4.69, 9.17) is 4.74 Å². The molecule has 4 rings (SSSR count). The van der Waals surface area contributed by atoms with Gasteiger partial charge in [0.05, 0.1) is 12.3 Å². The molecule has 33 heavy (non-hydrogen) atoms. The quantitative estimate of drug-likeness (QED) is 0.287. The number of ether oxygens (including phenoxy) is 1. The van der Waals surface area contributed by atoms with Gasteiger partial charge in [-0.2, -0.15) is 0 Å². The number of benzene rings is 3. The summed E-state index contributed by atoms with van der Waals surface area (Å²) in [5.41, 5.74) is 2.90. The van der Waals surface area contributed by atoms with Crippen molar-refractivity contribution in [1.29, 1.82) is 0 Å². The number of ketones is 1. The van der Waals surface area contributed by atoms with Crippen LogP contribution in [0.25, 0.3) is 6.08 Å². The van der Waals surface area contributed by atoms with Gasteiger partial charge >= 0.3 is 0 Å². The standard InChI is InChI=1S/C27H20FNO4/c28-22-8-6-21(7-9-22)25(30)14-5-19-1-3-20(4-2-19)17-18-33-24-12-10-23(11-13-24)29-26(31)15-16-27(29)32/h1-16H,17-18H2. The number of nitrogens with zero attached hydrogens (tertiary/aromatic N) is 1. The number of rotatable bonds is 8. The maximum atomic E-state index is 13.0. The van der Waals surface area contributed by atoms with Gasteiger partial charge in [0.2, 0.25) is 0 Å². The minimum atomic E-state index is -0.375. The Labute approximate surface area is 190 Å². The van der Waals surface area contributed by atoms with E-state index in [1.54, 1.807) is 30.3 Å². The molecular weight excluding hydrogens is 421 g/mol. The maximum absolute atomic E-state index is 13.0. The Balaban J connectivity index is 1.26. The van der Waals surface area contributed by atoms with Gasteiger partial charge in [0.1, 0.15) is 11.6 Å². The van der Waals surface area contributed by atoms with Crippen LogP contribution in [0, 0.1) is 5.82 Å². The first-order chi connectivity index (χ1) is 16.0. The van der Waals surface area contributed by atoms with E-state index in [2.05, 4.69) is 0 Å². The highest BCUT2D eigenvalue weighted by Crippen LogP contribution is 2.22. The molecule has 0 unspecified atom stereocenters. The Bertz CT molecular complexity index is 1210. The summed E-state index contributed by atoms with van der Waals surface area (Å²) in [6.45, 7) is 0.459. The second kappa shape index (κ2) is 9.87. The molecule has 0 aliphatic carbocycles. The van der Waals surface area contributed by atoms with Gasteiger partial charge in [0.15, 0.2) is 5.78 Å². The molecule has 1 aliphatic heterocycles. The summed E-state index contributed by atoms with van der Waals surface area (Å²) in [5, 5.41) is 0. The highest BCUT2D eigenvalue weighted by atomic mass is 19.1. The summed E-state index contributed by atoms with van der Waals surface area (Å²) in [5.74, 6) is -0.629. The average Bonchev–Trinajstić information content (AvgIpc) is 3.17. The number of halogens is 1. The SMILES string of the molecule is O=C(C=Cc1ccc(CCOc2ccc(N3C(=O)C=CC3=O)cc2)cc1)c1ccc(F)cc1. The molecule has 6 heteroatoms. The lowest BCUT2D eigenvalue weighted by molar-refractivity contribution is -0.119. The molecule has 5 nitrogen and oxygen atoms in total. The Hall–Kier alpha value is -4.32. The number of hydrogen-bond donors (Lipinski definition) is 0. The van der Waals surface area contributed by atoms with E-state index in [-0.39, 0.29) is 23.4 Å². The minimum Gasteiger partial charge on any atom is -0.493 e. The molecule has 1 heterocycles. The molecule has 2 amide bonds. The first-order valence-electron chi connectivity index (χ1n) is 10.4. The summed E-state index contributed by atoms with van der Waals surface area (Å²) >= 11 is 0. The molecule has 0 fully saturated rings. The fraction of sp³-hybridized carbons (Fsp3) is 0.0741. The lowest BCUT2D eigenvalue weighted by atomic mass is 10.1. The van der Waals surface area contributed by atoms with E-state index in [1.165, 1.54) is 42.5 Å². The lowest BCUT2D eigenvalue weighted by Crippen LogP contribution is -2.29. The average molecular weight is 441 g/mol. The summed E-state index contributed by atoms with van der Waals surface area (Å²) in [4.78, 5) is 36.7. The van der Waals surface area contributed by atoms with E-state index < -0.39 is 0 Å². The van der Waals surface area contributed by atoms with Crippen molar-refractivity contribution in [2.45, 2.75) is 6.42 Å². The van der Waals surface area contributed by atoms with Crippen LogP contribution in [0.3, 0.4) is 0 Å². The zero-order valence-electron chi connectivity index (χ0n) is 17.6. The van der Waals surface area contributed by atoms with Gasteiger partial charge in [-0.05, 0) is 65.7 Å². The number of imide groups is 1. The van der Waals surface area contributed by atoms with Crippen LogP contribution >= 0.6 is 0 Å². The van der Waals surface area contributed by atoms with Crippen molar-refractivity contribution < 1.29 is 23.5 Å². The van der Waals surface area contributed by atoms with Crippen molar-refractivity contribution in [2.75, 3.05) is 11.5 Å². The molecule has 0 saturated carbocycles. The highest BCUT2D eigenvalue weighted by Gasteiger charge is 2.24. The summed E-state index contributed by atoms with van der Waals surface area (Å²) in [6, 6.07) is 20.0. The third-order valence-corrected chi connectivity index (χ3v) is 5.10. The van der Waals surface area contributed by atoms with Gasteiger partial charge in [0.25, 0.3) is 11.8 Å². The van der Waals surface area contributed by atoms with Crippen molar-refractivity contribution in [3.63, 3.8) is 0 Å². The lowest BCUT2D eigenvalue weighted by Gasteiger charge is -2.14. The summed E-state index contributed by atoms with van der Waals surface area (Å²) in [6.07, 6.45) is 6.37. The van der Waals surface area contributed by atoms with E-state index in [1.807, 2.05) is 24.3 Å². The van der Waals surface area contributed by atoms with Crippen LogP contribution in [0.1, 0.15) is 21.5 Å². The van der Waals surface area contributed by atoms with Crippen molar-refractivity contribution in [3.05, 3.63) is 114 Å². The monoisotopic (exact) mass is 441 g/mol. The van der Waals surface area contributed by atoms with Crippen LogP contribution < -0.4 is 9.64 Å². The van der Waals surface area contributed by atoms with Gasteiger partial charge in [-0.3, -0.25) is 14.4 Å². The zero-order chi connectivity index (χ0) is 23.2. The van der Waals surface area contributed by atoms with Crippen LogP contribution in [-0.2, 0) is 16.0 Å². The summed E-state index contributed by atoms with van der Waals surface area (Å²) < 4.78 is 18.7. The Morgan fingerprint density at radius 3 is 2.12 bits per heavy atom. The molecule has 1 aliphatic rings. The fourth-order valence-corrected chi connectivity index (χ4v) is 3.31. The Morgan fingerprint density at radius 2 is 1.48 bits per heavy atom. The van der Waals surface area contributed by atoms with E-state index in [0.29, 0.717) is 30.0 Å². The van der Waals surface area contributed by atoms with E-state index >= 15 is 0 Å². The van der Waals surface area contributed by atoms with Crippen LogP contribution in [0.2, 0.25) is 0 Å². The van der Waals surface area contributed by atoms with Gasteiger partial charge in [-0.15, -0.1) is 0 Å². The van der Waals surface area contributed by atoms with Gasteiger partial charge in [0, 0.05) is 24.1 Å².